The van der Waals surface area contributed by atoms with Crippen molar-refractivity contribution in [1.29, 1.82) is 0 Å². The molecule has 1 aliphatic heterocycles. The van der Waals surface area contributed by atoms with E-state index in [2.05, 4.69) is 27.1 Å². The molecule has 0 spiro atoms. The molecule has 0 fully saturated rings. The summed E-state index contributed by atoms with van der Waals surface area (Å²) in [5, 5.41) is 8.33. The quantitative estimate of drug-likeness (QED) is 0.462. The van der Waals surface area contributed by atoms with Gasteiger partial charge >= 0.3 is 0 Å². The van der Waals surface area contributed by atoms with Crippen LogP contribution in [0.15, 0.2) is 46.8 Å². The van der Waals surface area contributed by atoms with Crippen molar-refractivity contribution in [2.24, 2.45) is 4.99 Å². The van der Waals surface area contributed by atoms with E-state index in [1.54, 1.807) is 18.4 Å². The first-order valence-electron chi connectivity index (χ1n) is 8.71. The van der Waals surface area contributed by atoms with E-state index < -0.39 is 0 Å². The Hall–Kier alpha value is -2.54. The summed E-state index contributed by atoms with van der Waals surface area (Å²) in [6, 6.07) is 11.8. The Morgan fingerprint density at radius 1 is 1.27 bits per heavy atom. The molecule has 0 saturated carbocycles. The van der Waals surface area contributed by atoms with Crippen molar-refractivity contribution in [2.75, 3.05) is 33.3 Å². The van der Waals surface area contributed by atoms with Crippen LogP contribution in [0.4, 0.5) is 0 Å². The predicted molar refractivity (Wildman–Crippen MR) is 105 cm³/mol. The van der Waals surface area contributed by atoms with Gasteiger partial charge < -0.3 is 20.3 Å². The largest absolute Gasteiger partial charge is 0.492 e. The lowest BCUT2D eigenvalue weighted by molar-refractivity contribution is -0.130. The zero-order valence-corrected chi connectivity index (χ0v) is 15.7. The fourth-order valence-electron chi connectivity index (χ4n) is 2.81. The number of nitrogens with one attached hydrogen (secondary N) is 2. The first kappa shape index (κ1) is 18.3. The van der Waals surface area contributed by atoms with Gasteiger partial charge in [0.05, 0.1) is 13.1 Å². The molecule has 7 heteroatoms. The van der Waals surface area contributed by atoms with E-state index in [0.717, 1.165) is 18.7 Å². The van der Waals surface area contributed by atoms with E-state index in [0.29, 0.717) is 25.7 Å². The smallest absolute Gasteiger partial charge is 0.242 e. The number of ether oxygens (including phenoxy) is 1. The summed E-state index contributed by atoms with van der Waals surface area (Å²) in [5.41, 5.74) is 1.27. The Labute approximate surface area is 157 Å². The monoisotopic (exact) mass is 372 g/mol. The third kappa shape index (κ3) is 4.98. The van der Waals surface area contributed by atoms with Crippen molar-refractivity contribution in [2.45, 2.75) is 13.0 Å². The van der Waals surface area contributed by atoms with Crippen molar-refractivity contribution in [3.63, 3.8) is 0 Å². The molecule has 0 radical (unpaired) electrons. The van der Waals surface area contributed by atoms with Crippen molar-refractivity contribution >= 4 is 23.2 Å². The fourth-order valence-corrected chi connectivity index (χ4v) is 3.70. The van der Waals surface area contributed by atoms with E-state index in [9.17, 15) is 4.79 Å². The van der Waals surface area contributed by atoms with Crippen LogP contribution < -0.4 is 15.4 Å². The molecule has 3 rings (SSSR count). The summed E-state index contributed by atoms with van der Waals surface area (Å²) in [6.45, 7) is 2.84. The van der Waals surface area contributed by atoms with Crippen LogP contribution in [0.1, 0.15) is 10.4 Å². The first-order valence-corrected chi connectivity index (χ1v) is 9.59. The molecule has 1 amide bonds. The summed E-state index contributed by atoms with van der Waals surface area (Å²) in [6.07, 6.45) is 0.947. The van der Waals surface area contributed by atoms with Crippen LogP contribution in [-0.4, -0.2) is 50.1 Å². The van der Waals surface area contributed by atoms with E-state index in [4.69, 9.17) is 4.74 Å². The second kappa shape index (κ2) is 9.24. The summed E-state index contributed by atoms with van der Waals surface area (Å²) in [4.78, 5) is 19.9. The Morgan fingerprint density at radius 3 is 2.92 bits per heavy atom. The summed E-state index contributed by atoms with van der Waals surface area (Å²) < 4.78 is 5.63. The number of guanidine groups is 1. The number of nitrogens with zero attached hydrogens (tertiary/aromatic N) is 2. The van der Waals surface area contributed by atoms with E-state index in [1.807, 2.05) is 35.2 Å². The molecule has 2 aromatic rings. The molecule has 138 valence electrons. The predicted octanol–water partition coefficient (Wildman–Crippen LogP) is 1.88. The molecule has 6 nitrogen and oxygen atoms in total. The van der Waals surface area contributed by atoms with Crippen LogP contribution in [0.25, 0.3) is 0 Å². The Bertz CT molecular complexity index is 745. The molecule has 1 aromatic heterocycles. The standard InChI is InChI=1S/C19H24N4O2S/c1-20-19(21-9-11-25-16-5-3-2-4-6-16)22-13-18(24)23-10-7-17-15(14-23)8-12-26-17/h2-6,8,12H,7,9-11,13-14H2,1H3,(H2,20,21,22). The number of fused-ring (bicyclic) bond motifs is 1. The maximum Gasteiger partial charge on any atom is 0.242 e. The average molecular weight is 372 g/mol. The van der Waals surface area contributed by atoms with Crippen molar-refractivity contribution in [3.05, 3.63) is 52.2 Å². The number of hydrogen-bond donors (Lipinski definition) is 2. The molecule has 0 saturated heterocycles. The molecule has 1 aliphatic rings. The number of para-hydroxylation sites is 1. The van der Waals surface area contributed by atoms with Gasteiger partial charge in [0.2, 0.25) is 5.91 Å². The molecule has 2 heterocycles. The van der Waals surface area contributed by atoms with Gasteiger partial charge in [-0.25, -0.2) is 0 Å². The Morgan fingerprint density at radius 2 is 2.12 bits per heavy atom. The van der Waals surface area contributed by atoms with Gasteiger partial charge in [0.1, 0.15) is 12.4 Å². The molecule has 26 heavy (non-hydrogen) atoms. The lowest BCUT2D eigenvalue weighted by atomic mass is 10.1. The fraction of sp³-hybridized carbons (Fsp3) is 0.368. The minimum atomic E-state index is 0.0883. The molecule has 0 aliphatic carbocycles. The second-order valence-corrected chi connectivity index (χ2v) is 6.95. The number of amides is 1. The zero-order chi connectivity index (χ0) is 18.2. The number of carbonyl (C=O) groups excluding carboxylic acids is 1. The highest BCUT2D eigenvalue weighted by molar-refractivity contribution is 7.10. The van der Waals surface area contributed by atoms with Crippen molar-refractivity contribution < 1.29 is 9.53 Å². The second-order valence-electron chi connectivity index (χ2n) is 5.95. The number of thiophene rings is 1. The van der Waals surface area contributed by atoms with Gasteiger partial charge in [-0.2, -0.15) is 0 Å². The maximum atomic E-state index is 12.4. The molecule has 2 N–H and O–H groups in total. The van der Waals surface area contributed by atoms with E-state index >= 15 is 0 Å². The maximum absolute atomic E-state index is 12.4. The molecular formula is C19H24N4O2S. The zero-order valence-electron chi connectivity index (χ0n) is 14.9. The normalized spacial score (nSPS) is 13.9. The number of hydrogen-bond acceptors (Lipinski definition) is 4. The average Bonchev–Trinajstić information content (AvgIpc) is 3.16. The van der Waals surface area contributed by atoms with Gasteiger partial charge in [0.15, 0.2) is 5.96 Å². The van der Waals surface area contributed by atoms with Crippen LogP contribution in [0.5, 0.6) is 5.75 Å². The van der Waals surface area contributed by atoms with Crippen LogP contribution >= 0.6 is 11.3 Å². The number of carbonyl (C=O) groups is 1. The van der Waals surface area contributed by atoms with E-state index in [1.165, 1.54) is 10.4 Å². The lowest BCUT2D eigenvalue weighted by Gasteiger charge is -2.27. The SMILES string of the molecule is CN=C(NCCOc1ccccc1)NCC(=O)N1CCc2sccc2C1. The highest BCUT2D eigenvalue weighted by Crippen LogP contribution is 2.23. The Kier molecular flexibility index (Phi) is 6.49. The van der Waals surface area contributed by atoms with Crippen LogP contribution in [0, 0.1) is 0 Å². The molecular weight excluding hydrogens is 348 g/mol. The first-order chi connectivity index (χ1) is 12.8. The number of aliphatic imine (C=N–C) groups is 1. The molecule has 0 bridgehead atoms. The summed E-state index contributed by atoms with van der Waals surface area (Å²) in [5.74, 6) is 1.53. The van der Waals surface area contributed by atoms with Gasteiger partial charge in [-0.15, -0.1) is 11.3 Å². The molecule has 0 unspecified atom stereocenters. The van der Waals surface area contributed by atoms with Crippen LogP contribution in [-0.2, 0) is 17.8 Å². The number of benzene rings is 1. The number of rotatable bonds is 6. The summed E-state index contributed by atoms with van der Waals surface area (Å²) >= 11 is 1.78. The third-order valence-corrected chi connectivity index (χ3v) is 5.22. The third-order valence-electron chi connectivity index (χ3n) is 4.20. The topological polar surface area (TPSA) is 66.0 Å². The van der Waals surface area contributed by atoms with Crippen LogP contribution in [0.2, 0.25) is 0 Å². The van der Waals surface area contributed by atoms with Crippen LogP contribution in [0.3, 0.4) is 0 Å². The van der Waals surface area contributed by atoms with Gasteiger partial charge in [-0.3, -0.25) is 9.79 Å². The highest BCUT2D eigenvalue weighted by atomic mass is 32.1. The van der Waals surface area contributed by atoms with Gasteiger partial charge in [-0.1, -0.05) is 18.2 Å². The van der Waals surface area contributed by atoms with Crippen molar-refractivity contribution in [3.8, 4) is 5.75 Å². The summed E-state index contributed by atoms with van der Waals surface area (Å²) in [7, 11) is 1.69. The van der Waals surface area contributed by atoms with E-state index in [-0.39, 0.29) is 12.5 Å². The highest BCUT2D eigenvalue weighted by Gasteiger charge is 2.21. The minimum Gasteiger partial charge on any atom is -0.492 e. The van der Waals surface area contributed by atoms with Crippen molar-refractivity contribution in [1.82, 2.24) is 15.5 Å². The Balaban J connectivity index is 1.36. The van der Waals surface area contributed by atoms with Gasteiger partial charge in [-0.05, 0) is 35.6 Å². The van der Waals surface area contributed by atoms with Gasteiger partial charge in [0, 0.05) is 25.0 Å². The molecule has 1 aromatic carbocycles. The lowest BCUT2D eigenvalue weighted by Crippen LogP contribution is -2.46. The minimum absolute atomic E-state index is 0.0883. The molecule has 0 atom stereocenters. The van der Waals surface area contributed by atoms with Gasteiger partial charge in [0.25, 0.3) is 0 Å².